The molecule has 0 aliphatic heterocycles. The van der Waals surface area contributed by atoms with Crippen LogP contribution < -0.4 is 5.32 Å². The van der Waals surface area contributed by atoms with Gasteiger partial charge in [0.15, 0.2) is 0 Å². The van der Waals surface area contributed by atoms with E-state index >= 15 is 0 Å². The smallest absolute Gasteiger partial charge is 0.0167 e. The summed E-state index contributed by atoms with van der Waals surface area (Å²) in [6.45, 7) is 3.46. The molecule has 1 aromatic carbocycles. The summed E-state index contributed by atoms with van der Waals surface area (Å²) in [7, 11) is 0. The van der Waals surface area contributed by atoms with Crippen molar-refractivity contribution < 1.29 is 0 Å². The molecule has 2 aliphatic rings. The number of hydrogen-bond acceptors (Lipinski definition) is 1. The van der Waals surface area contributed by atoms with E-state index in [-0.39, 0.29) is 0 Å². The van der Waals surface area contributed by atoms with Crippen molar-refractivity contribution in [3.05, 3.63) is 35.4 Å². The molecule has 1 aromatic rings. The quantitative estimate of drug-likeness (QED) is 0.768. The van der Waals surface area contributed by atoms with E-state index in [1.54, 1.807) is 11.1 Å². The van der Waals surface area contributed by atoms with Crippen molar-refractivity contribution in [1.29, 1.82) is 0 Å². The molecule has 2 unspecified atom stereocenters. The Kier molecular flexibility index (Phi) is 4.77. The lowest BCUT2D eigenvalue weighted by Crippen LogP contribution is -2.45. The molecule has 1 N–H and O–H groups in total. The largest absolute Gasteiger partial charge is 0.313 e. The summed E-state index contributed by atoms with van der Waals surface area (Å²) in [5, 5.41) is 3.91. The average molecular weight is 271 g/mol. The van der Waals surface area contributed by atoms with E-state index in [1.807, 2.05) is 0 Å². The Bertz CT molecular complexity index is 418. The van der Waals surface area contributed by atoms with Gasteiger partial charge in [0.05, 0.1) is 0 Å². The molecule has 1 nitrogen and oxygen atoms in total. The zero-order valence-corrected chi connectivity index (χ0v) is 12.9. The molecule has 2 atom stereocenters. The summed E-state index contributed by atoms with van der Waals surface area (Å²) in [6.07, 6.45) is 11.2. The van der Waals surface area contributed by atoms with Gasteiger partial charge in [-0.2, -0.15) is 0 Å². The van der Waals surface area contributed by atoms with E-state index < -0.39 is 0 Å². The predicted octanol–water partition coefficient (Wildman–Crippen LogP) is 4.66. The van der Waals surface area contributed by atoms with Gasteiger partial charge in [0.2, 0.25) is 0 Å². The number of hydrogen-bond donors (Lipinski definition) is 1. The molecule has 0 radical (unpaired) electrons. The zero-order valence-electron chi connectivity index (χ0n) is 12.9. The molecule has 20 heavy (non-hydrogen) atoms. The van der Waals surface area contributed by atoms with Gasteiger partial charge in [-0.1, -0.05) is 56.9 Å². The minimum absolute atomic E-state index is 0.725. The Morgan fingerprint density at radius 1 is 1.10 bits per heavy atom. The van der Waals surface area contributed by atoms with Crippen LogP contribution in [0.3, 0.4) is 0 Å². The molecule has 0 heterocycles. The first kappa shape index (κ1) is 14.1. The van der Waals surface area contributed by atoms with Gasteiger partial charge in [0.1, 0.15) is 0 Å². The maximum Gasteiger partial charge on any atom is 0.0167 e. The second-order valence-electron chi connectivity index (χ2n) is 6.74. The van der Waals surface area contributed by atoms with Crippen LogP contribution in [-0.4, -0.2) is 12.6 Å². The van der Waals surface area contributed by atoms with Crippen molar-refractivity contribution in [2.75, 3.05) is 6.54 Å². The molecular weight excluding hydrogens is 242 g/mol. The zero-order chi connectivity index (χ0) is 13.8. The number of nitrogens with one attached hydrogen (secondary N) is 1. The number of fused-ring (bicyclic) bond motifs is 1. The van der Waals surface area contributed by atoms with Gasteiger partial charge in [0.25, 0.3) is 0 Å². The summed E-state index contributed by atoms with van der Waals surface area (Å²) in [4.78, 5) is 0. The summed E-state index contributed by atoms with van der Waals surface area (Å²) in [5.74, 6) is 1.68. The molecular formula is C19H29N. The molecule has 3 rings (SSSR count). The van der Waals surface area contributed by atoms with Gasteiger partial charge in [-0.25, -0.2) is 0 Å². The van der Waals surface area contributed by atoms with Crippen LogP contribution >= 0.6 is 0 Å². The molecule has 0 amide bonds. The first-order chi connectivity index (χ1) is 9.90. The van der Waals surface area contributed by atoms with Crippen LogP contribution in [0.25, 0.3) is 0 Å². The van der Waals surface area contributed by atoms with Gasteiger partial charge in [-0.15, -0.1) is 0 Å². The van der Waals surface area contributed by atoms with Crippen molar-refractivity contribution in [3.8, 4) is 0 Å². The summed E-state index contributed by atoms with van der Waals surface area (Å²) >= 11 is 0. The van der Waals surface area contributed by atoms with E-state index in [9.17, 15) is 0 Å². The van der Waals surface area contributed by atoms with Crippen molar-refractivity contribution >= 4 is 0 Å². The van der Waals surface area contributed by atoms with Crippen molar-refractivity contribution in [1.82, 2.24) is 5.32 Å². The van der Waals surface area contributed by atoms with Crippen molar-refractivity contribution in [2.45, 2.75) is 70.3 Å². The molecule has 0 bridgehead atoms. The Hall–Kier alpha value is -0.820. The molecule has 0 saturated heterocycles. The van der Waals surface area contributed by atoms with E-state index in [0.717, 1.165) is 17.9 Å². The molecule has 1 saturated carbocycles. The molecule has 2 aliphatic carbocycles. The monoisotopic (exact) mass is 271 g/mol. The van der Waals surface area contributed by atoms with Crippen molar-refractivity contribution in [3.63, 3.8) is 0 Å². The lowest BCUT2D eigenvalue weighted by Gasteiger charge is -2.41. The van der Waals surface area contributed by atoms with Crippen molar-refractivity contribution in [2.24, 2.45) is 5.92 Å². The number of rotatable bonds is 5. The highest BCUT2D eigenvalue weighted by molar-refractivity contribution is 5.41. The molecule has 110 valence electrons. The lowest BCUT2D eigenvalue weighted by molar-refractivity contribution is 0.264. The summed E-state index contributed by atoms with van der Waals surface area (Å²) < 4.78 is 0. The van der Waals surface area contributed by atoms with Crippen LogP contribution in [-0.2, 0) is 6.42 Å². The normalized spacial score (nSPS) is 24.6. The highest BCUT2D eigenvalue weighted by Gasteiger charge is 2.36. The van der Waals surface area contributed by atoms with Gasteiger partial charge in [0, 0.05) is 12.0 Å². The fraction of sp³-hybridized carbons (Fsp3) is 0.684. The van der Waals surface area contributed by atoms with Crippen LogP contribution in [0.4, 0.5) is 0 Å². The lowest BCUT2D eigenvalue weighted by atomic mass is 9.69. The first-order valence-corrected chi connectivity index (χ1v) is 8.71. The fourth-order valence-electron chi connectivity index (χ4n) is 4.24. The summed E-state index contributed by atoms with van der Waals surface area (Å²) in [6, 6.07) is 9.81. The Balaban J connectivity index is 1.73. The minimum atomic E-state index is 0.725. The maximum atomic E-state index is 3.91. The Morgan fingerprint density at radius 3 is 2.55 bits per heavy atom. The van der Waals surface area contributed by atoms with Crippen LogP contribution in [0.2, 0.25) is 0 Å². The fourth-order valence-corrected chi connectivity index (χ4v) is 4.24. The van der Waals surface area contributed by atoms with Gasteiger partial charge >= 0.3 is 0 Å². The Morgan fingerprint density at radius 2 is 1.85 bits per heavy atom. The Labute approximate surface area is 124 Å². The molecule has 0 spiro atoms. The molecule has 1 heteroatoms. The number of benzene rings is 1. The maximum absolute atomic E-state index is 3.91. The second kappa shape index (κ2) is 6.76. The van der Waals surface area contributed by atoms with Gasteiger partial charge in [-0.05, 0) is 49.3 Å². The van der Waals surface area contributed by atoms with E-state index in [0.29, 0.717) is 0 Å². The SMILES string of the molecule is CCCNC(C1CCCCCC1)C1Cc2ccccc21. The molecule has 1 fully saturated rings. The van der Waals surface area contributed by atoms with Crippen LogP contribution in [0.5, 0.6) is 0 Å². The van der Waals surface area contributed by atoms with E-state index in [4.69, 9.17) is 0 Å². The average Bonchev–Trinajstić information content (AvgIpc) is 2.73. The molecule has 0 aromatic heterocycles. The standard InChI is InChI=1S/C19H29N/c1-2-13-20-19(15-9-5-3-4-6-10-15)18-14-16-11-7-8-12-17(16)18/h7-8,11-12,15,18-20H,2-6,9-10,13-14H2,1H3. The second-order valence-corrected chi connectivity index (χ2v) is 6.74. The topological polar surface area (TPSA) is 12.0 Å². The highest BCUT2D eigenvalue weighted by atomic mass is 14.9. The van der Waals surface area contributed by atoms with Gasteiger partial charge in [-0.3, -0.25) is 0 Å². The highest BCUT2D eigenvalue weighted by Crippen LogP contribution is 2.42. The first-order valence-electron chi connectivity index (χ1n) is 8.71. The van der Waals surface area contributed by atoms with E-state index in [2.05, 4.69) is 36.5 Å². The third-order valence-corrected chi connectivity index (χ3v) is 5.37. The summed E-state index contributed by atoms with van der Waals surface area (Å²) in [5.41, 5.74) is 3.22. The predicted molar refractivity (Wildman–Crippen MR) is 86.2 cm³/mol. The van der Waals surface area contributed by atoms with Crippen LogP contribution in [0.1, 0.15) is 68.9 Å². The third kappa shape index (κ3) is 2.93. The van der Waals surface area contributed by atoms with E-state index in [1.165, 1.54) is 57.9 Å². The van der Waals surface area contributed by atoms with Gasteiger partial charge < -0.3 is 5.32 Å². The van der Waals surface area contributed by atoms with Crippen LogP contribution in [0.15, 0.2) is 24.3 Å². The third-order valence-electron chi connectivity index (χ3n) is 5.37. The van der Waals surface area contributed by atoms with Crippen LogP contribution in [0, 0.1) is 5.92 Å². The minimum Gasteiger partial charge on any atom is -0.313 e.